The Labute approximate surface area is 101 Å². The summed E-state index contributed by atoms with van der Waals surface area (Å²) < 4.78 is 0. The fourth-order valence-electron chi connectivity index (χ4n) is 3.20. The summed E-state index contributed by atoms with van der Waals surface area (Å²) in [5.74, 6) is 1.01. The second-order valence-corrected chi connectivity index (χ2v) is 5.63. The van der Waals surface area contributed by atoms with Crippen molar-refractivity contribution in [2.24, 2.45) is 5.92 Å². The number of nitrogens with one attached hydrogen (secondary N) is 1. The molecule has 2 heteroatoms. The first-order chi connectivity index (χ1) is 7.88. The Morgan fingerprint density at radius 1 is 1.12 bits per heavy atom. The van der Waals surface area contributed by atoms with Crippen LogP contribution in [0.2, 0.25) is 0 Å². The van der Waals surface area contributed by atoms with Gasteiger partial charge < -0.3 is 10.2 Å². The number of likely N-dealkylation sites (tertiary alicyclic amines) is 1. The highest BCUT2D eigenvalue weighted by atomic mass is 15.1. The van der Waals surface area contributed by atoms with Gasteiger partial charge in [0.05, 0.1) is 0 Å². The molecule has 0 aromatic carbocycles. The summed E-state index contributed by atoms with van der Waals surface area (Å²) in [4.78, 5) is 2.70. The lowest BCUT2D eigenvalue weighted by atomic mass is 9.98. The predicted octanol–water partition coefficient (Wildman–Crippen LogP) is 2.64. The molecule has 2 aliphatic rings. The summed E-state index contributed by atoms with van der Waals surface area (Å²) in [5.41, 5.74) is 0. The summed E-state index contributed by atoms with van der Waals surface area (Å²) in [7, 11) is 0. The van der Waals surface area contributed by atoms with Crippen LogP contribution in [0.15, 0.2) is 0 Å². The molecule has 0 spiro atoms. The fraction of sp³-hybridized carbons (Fsp3) is 1.00. The molecule has 0 amide bonds. The van der Waals surface area contributed by atoms with Crippen LogP contribution in [0.3, 0.4) is 0 Å². The van der Waals surface area contributed by atoms with Crippen LogP contribution in [0.25, 0.3) is 0 Å². The Hall–Kier alpha value is -0.0800. The van der Waals surface area contributed by atoms with Crippen LogP contribution in [-0.4, -0.2) is 37.1 Å². The van der Waals surface area contributed by atoms with E-state index < -0.39 is 0 Å². The number of hydrogen-bond donors (Lipinski definition) is 1. The quantitative estimate of drug-likeness (QED) is 0.790. The van der Waals surface area contributed by atoms with Crippen LogP contribution in [-0.2, 0) is 0 Å². The zero-order valence-corrected chi connectivity index (χ0v) is 10.9. The molecule has 0 saturated carbocycles. The molecule has 2 saturated heterocycles. The predicted molar refractivity (Wildman–Crippen MR) is 69.7 cm³/mol. The van der Waals surface area contributed by atoms with Gasteiger partial charge in [0, 0.05) is 6.04 Å². The average Bonchev–Trinajstić information content (AvgIpc) is 2.72. The number of rotatable bonds is 4. The van der Waals surface area contributed by atoms with Crippen molar-refractivity contribution in [2.45, 2.75) is 57.9 Å². The van der Waals surface area contributed by atoms with Crippen LogP contribution in [0, 0.1) is 5.92 Å². The Balaban J connectivity index is 1.65. The van der Waals surface area contributed by atoms with E-state index in [1.165, 1.54) is 71.1 Å². The SMILES string of the molecule is CCC1CCCN(CCC2CCCN2)CC1. The second-order valence-electron chi connectivity index (χ2n) is 5.63. The molecule has 2 atom stereocenters. The van der Waals surface area contributed by atoms with Crippen molar-refractivity contribution in [3.05, 3.63) is 0 Å². The summed E-state index contributed by atoms with van der Waals surface area (Å²) in [6.45, 7) is 7.63. The van der Waals surface area contributed by atoms with Gasteiger partial charge in [0.1, 0.15) is 0 Å². The largest absolute Gasteiger partial charge is 0.314 e. The standard InChI is InChI=1S/C14H28N2/c1-2-13-5-4-10-16(11-7-13)12-8-14-6-3-9-15-14/h13-15H,2-12H2,1H3. The summed E-state index contributed by atoms with van der Waals surface area (Å²) in [6, 6.07) is 0.824. The number of hydrogen-bond acceptors (Lipinski definition) is 2. The van der Waals surface area contributed by atoms with Crippen LogP contribution >= 0.6 is 0 Å². The lowest BCUT2D eigenvalue weighted by Crippen LogP contribution is -2.31. The van der Waals surface area contributed by atoms with Crippen LogP contribution in [0.4, 0.5) is 0 Å². The van der Waals surface area contributed by atoms with E-state index in [1.807, 2.05) is 0 Å². The van der Waals surface area contributed by atoms with E-state index in [4.69, 9.17) is 0 Å². The van der Waals surface area contributed by atoms with Gasteiger partial charge in [-0.3, -0.25) is 0 Å². The van der Waals surface area contributed by atoms with E-state index in [1.54, 1.807) is 0 Å². The highest BCUT2D eigenvalue weighted by Crippen LogP contribution is 2.20. The molecular formula is C14H28N2. The molecular weight excluding hydrogens is 196 g/mol. The van der Waals surface area contributed by atoms with Gasteiger partial charge in [-0.15, -0.1) is 0 Å². The van der Waals surface area contributed by atoms with Gasteiger partial charge >= 0.3 is 0 Å². The van der Waals surface area contributed by atoms with Gasteiger partial charge in [0.15, 0.2) is 0 Å². The molecule has 94 valence electrons. The molecule has 2 rings (SSSR count). The molecule has 0 bridgehead atoms. The van der Waals surface area contributed by atoms with Gasteiger partial charge in [-0.05, 0) is 70.6 Å². The smallest absolute Gasteiger partial charge is 0.00797 e. The zero-order chi connectivity index (χ0) is 11.2. The van der Waals surface area contributed by atoms with Gasteiger partial charge in [-0.2, -0.15) is 0 Å². The highest BCUT2D eigenvalue weighted by Gasteiger charge is 2.18. The molecule has 0 aromatic heterocycles. The molecule has 2 nitrogen and oxygen atoms in total. The van der Waals surface area contributed by atoms with Crippen molar-refractivity contribution >= 4 is 0 Å². The molecule has 16 heavy (non-hydrogen) atoms. The molecule has 0 radical (unpaired) electrons. The minimum Gasteiger partial charge on any atom is -0.314 e. The normalized spacial score (nSPS) is 32.8. The van der Waals surface area contributed by atoms with E-state index in [9.17, 15) is 0 Å². The minimum atomic E-state index is 0.824. The van der Waals surface area contributed by atoms with Crippen molar-refractivity contribution in [2.75, 3.05) is 26.2 Å². The van der Waals surface area contributed by atoms with Gasteiger partial charge in [0.2, 0.25) is 0 Å². The van der Waals surface area contributed by atoms with Gasteiger partial charge in [-0.1, -0.05) is 13.3 Å². The third kappa shape index (κ3) is 3.74. The first-order valence-electron chi connectivity index (χ1n) is 7.34. The molecule has 2 fully saturated rings. The van der Waals surface area contributed by atoms with E-state index in [0.29, 0.717) is 0 Å². The van der Waals surface area contributed by atoms with Crippen molar-refractivity contribution in [1.29, 1.82) is 0 Å². The zero-order valence-electron chi connectivity index (χ0n) is 10.9. The lowest BCUT2D eigenvalue weighted by molar-refractivity contribution is 0.265. The van der Waals surface area contributed by atoms with Gasteiger partial charge in [0.25, 0.3) is 0 Å². The maximum atomic E-state index is 3.61. The Morgan fingerprint density at radius 2 is 2.06 bits per heavy atom. The van der Waals surface area contributed by atoms with Crippen LogP contribution in [0.1, 0.15) is 51.9 Å². The topological polar surface area (TPSA) is 15.3 Å². The van der Waals surface area contributed by atoms with Crippen molar-refractivity contribution in [1.82, 2.24) is 10.2 Å². The third-order valence-electron chi connectivity index (χ3n) is 4.47. The molecule has 0 aliphatic carbocycles. The number of nitrogens with zero attached hydrogens (tertiary/aromatic N) is 1. The summed E-state index contributed by atoms with van der Waals surface area (Å²) >= 11 is 0. The molecule has 0 aromatic rings. The third-order valence-corrected chi connectivity index (χ3v) is 4.47. The monoisotopic (exact) mass is 224 g/mol. The van der Waals surface area contributed by atoms with E-state index in [0.717, 1.165) is 12.0 Å². The molecule has 2 aliphatic heterocycles. The van der Waals surface area contributed by atoms with Crippen molar-refractivity contribution < 1.29 is 0 Å². The summed E-state index contributed by atoms with van der Waals surface area (Å²) in [6.07, 6.45) is 9.89. The van der Waals surface area contributed by atoms with Crippen molar-refractivity contribution in [3.63, 3.8) is 0 Å². The van der Waals surface area contributed by atoms with Crippen molar-refractivity contribution in [3.8, 4) is 0 Å². The first-order valence-corrected chi connectivity index (χ1v) is 7.34. The van der Waals surface area contributed by atoms with E-state index in [2.05, 4.69) is 17.1 Å². The molecule has 1 N–H and O–H groups in total. The average molecular weight is 224 g/mol. The molecule has 2 heterocycles. The molecule has 2 unspecified atom stereocenters. The van der Waals surface area contributed by atoms with Gasteiger partial charge in [-0.25, -0.2) is 0 Å². The maximum Gasteiger partial charge on any atom is 0.00797 e. The lowest BCUT2D eigenvalue weighted by Gasteiger charge is -2.22. The van der Waals surface area contributed by atoms with E-state index >= 15 is 0 Å². The summed E-state index contributed by atoms with van der Waals surface area (Å²) in [5, 5.41) is 3.61. The van der Waals surface area contributed by atoms with E-state index in [-0.39, 0.29) is 0 Å². The van der Waals surface area contributed by atoms with Crippen LogP contribution in [0.5, 0.6) is 0 Å². The highest BCUT2D eigenvalue weighted by molar-refractivity contribution is 4.77. The Bertz CT molecular complexity index is 187. The van der Waals surface area contributed by atoms with Crippen LogP contribution < -0.4 is 5.32 Å². The Morgan fingerprint density at radius 3 is 2.81 bits per heavy atom. The fourth-order valence-corrected chi connectivity index (χ4v) is 3.20. The minimum absolute atomic E-state index is 0.824. The Kier molecular flexibility index (Phi) is 5.11. The second kappa shape index (κ2) is 6.61. The first kappa shape index (κ1) is 12.4. The maximum absolute atomic E-state index is 3.61.